The highest BCUT2D eigenvalue weighted by molar-refractivity contribution is 9.10. The molecule has 0 heterocycles. The molecular weight excluding hydrogens is 290 g/mol. The third kappa shape index (κ3) is 3.05. The molecule has 0 aliphatic carbocycles. The SMILES string of the molecule is Cc1cc(Br)ccc1OC(C)c1cccc(N)c1. The molecule has 0 bridgehead atoms. The maximum atomic E-state index is 5.96. The number of nitrogens with two attached hydrogens (primary N) is 1. The highest BCUT2D eigenvalue weighted by atomic mass is 79.9. The van der Waals surface area contributed by atoms with Crippen molar-refractivity contribution < 1.29 is 4.74 Å². The number of nitrogen functional groups attached to an aromatic ring is 1. The van der Waals surface area contributed by atoms with Crippen molar-refractivity contribution in [3.05, 3.63) is 58.1 Å². The smallest absolute Gasteiger partial charge is 0.123 e. The predicted molar refractivity (Wildman–Crippen MR) is 78.8 cm³/mol. The van der Waals surface area contributed by atoms with Gasteiger partial charge in [-0.1, -0.05) is 28.1 Å². The Hall–Kier alpha value is -1.48. The van der Waals surface area contributed by atoms with Gasteiger partial charge in [0.1, 0.15) is 11.9 Å². The second-order valence-corrected chi connectivity index (χ2v) is 5.26. The number of hydrogen-bond donors (Lipinski definition) is 1. The number of anilines is 1. The van der Waals surface area contributed by atoms with Gasteiger partial charge in [-0.15, -0.1) is 0 Å². The Morgan fingerprint density at radius 1 is 1.17 bits per heavy atom. The molecule has 0 saturated carbocycles. The zero-order valence-corrected chi connectivity index (χ0v) is 12.1. The molecule has 0 aliphatic heterocycles. The van der Waals surface area contributed by atoms with Gasteiger partial charge in [0, 0.05) is 10.2 Å². The molecule has 94 valence electrons. The predicted octanol–water partition coefficient (Wildman–Crippen LogP) is 4.48. The highest BCUT2D eigenvalue weighted by Crippen LogP contribution is 2.27. The van der Waals surface area contributed by atoms with Crippen molar-refractivity contribution in [2.45, 2.75) is 20.0 Å². The molecule has 0 radical (unpaired) electrons. The Labute approximate surface area is 116 Å². The average molecular weight is 306 g/mol. The first-order chi connectivity index (χ1) is 8.56. The van der Waals surface area contributed by atoms with Crippen LogP contribution in [0.2, 0.25) is 0 Å². The first-order valence-electron chi connectivity index (χ1n) is 5.84. The van der Waals surface area contributed by atoms with Gasteiger partial charge in [-0.3, -0.25) is 0 Å². The summed E-state index contributed by atoms with van der Waals surface area (Å²) in [5, 5.41) is 0. The second kappa shape index (κ2) is 5.44. The molecule has 0 amide bonds. The Morgan fingerprint density at radius 3 is 2.61 bits per heavy atom. The molecule has 2 aromatic carbocycles. The monoisotopic (exact) mass is 305 g/mol. The van der Waals surface area contributed by atoms with E-state index in [2.05, 4.69) is 15.9 Å². The van der Waals surface area contributed by atoms with Gasteiger partial charge < -0.3 is 10.5 Å². The molecule has 1 atom stereocenters. The number of hydrogen-bond acceptors (Lipinski definition) is 2. The Balaban J connectivity index is 2.18. The summed E-state index contributed by atoms with van der Waals surface area (Å²) in [5.74, 6) is 0.896. The van der Waals surface area contributed by atoms with Crippen molar-refractivity contribution in [2.75, 3.05) is 5.73 Å². The van der Waals surface area contributed by atoms with Crippen LogP contribution in [0.5, 0.6) is 5.75 Å². The topological polar surface area (TPSA) is 35.2 Å². The maximum absolute atomic E-state index is 5.96. The molecule has 2 nitrogen and oxygen atoms in total. The van der Waals surface area contributed by atoms with E-state index in [4.69, 9.17) is 10.5 Å². The average Bonchev–Trinajstić information content (AvgIpc) is 2.32. The van der Waals surface area contributed by atoms with Crippen LogP contribution in [0.3, 0.4) is 0 Å². The molecular formula is C15H16BrNO. The van der Waals surface area contributed by atoms with Crippen LogP contribution in [0.25, 0.3) is 0 Å². The van der Waals surface area contributed by atoms with Gasteiger partial charge in [0.2, 0.25) is 0 Å². The Bertz CT molecular complexity index is 554. The minimum absolute atomic E-state index is 0.0200. The van der Waals surface area contributed by atoms with E-state index in [1.54, 1.807) is 0 Å². The van der Waals surface area contributed by atoms with E-state index in [-0.39, 0.29) is 6.10 Å². The van der Waals surface area contributed by atoms with Gasteiger partial charge in [0.05, 0.1) is 0 Å². The first kappa shape index (κ1) is 13.0. The van der Waals surface area contributed by atoms with Crippen molar-refractivity contribution in [1.82, 2.24) is 0 Å². The van der Waals surface area contributed by atoms with Gasteiger partial charge in [-0.25, -0.2) is 0 Å². The summed E-state index contributed by atoms with van der Waals surface area (Å²) in [5.41, 5.74) is 8.73. The highest BCUT2D eigenvalue weighted by Gasteiger charge is 2.09. The van der Waals surface area contributed by atoms with E-state index in [0.717, 1.165) is 27.0 Å². The van der Waals surface area contributed by atoms with Crippen LogP contribution in [-0.4, -0.2) is 0 Å². The van der Waals surface area contributed by atoms with Crippen LogP contribution in [0, 0.1) is 6.92 Å². The fourth-order valence-corrected chi connectivity index (χ4v) is 2.29. The second-order valence-electron chi connectivity index (χ2n) is 4.34. The van der Waals surface area contributed by atoms with E-state index in [0.29, 0.717) is 0 Å². The van der Waals surface area contributed by atoms with E-state index in [9.17, 15) is 0 Å². The molecule has 0 fully saturated rings. The van der Waals surface area contributed by atoms with Crippen LogP contribution in [0.4, 0.5) is 5.69 Å². The fourth-order valence-electron chi connectivity index (χ4n) is 1.82. The molecule has 0 aliphatic rings. The molecule has 0 aromatic heterocycles. The molecule has 2 rings (SSSR count). The van der Waals surface area contributed by atoms with Gasteiger partial charge >= 0.3 is 0 Å². The maximum Gasteiger partial charge on any atom is 0.123 e. The van der Waals surface area contributed by atoms with E-state index in [1.807, 2.05) is 56.3 Å². The third-order valence-electron chi connectivity index (χ3n) is 2.82. The first-order valence-corrected chi connectivity index (χ1v) is 6.64. The lowest BCUT2D eigenvalue weighted by Crippen LogP contribution is -2.04. The number of ether oxygens (including phenoxy) is 1. The zero-order valence-electron chi connectivity index (χ0n) is 10.5. The van der Waals surface area contributed by atoms with Crippen LogP contribution in [0.15, 0.2) is 46.9 Å². The largest absolute Gasteiger partial charge is 0.486 e. The van der Waals surface area contributed by atoms with E-state index >= 15 is 0 Å². The molecule has 0 spiro atoms. The summed E-state index contributed by atoms with van der Waals surface area (Å²) in [4.78, 5) is 0. The summed E-state index contributed by atoms with van der Waals surface area (Å²) < 4.78 is 7.02. The number of aryl methyl sites for hydroxylation is 1. The lowest BCUT2D eigenvalue weighted by atomic mass is 10.1. The Kier molecular flexibility index (Phi) is 3.92. The van der Waals surface area contributed by atoms with Gasteiger partial charge in [-0.2, -0.15) is 0 Å². The molecule has 0 saturated heterocycles. The van der Waals surface area contributed by atoms with Crippen LogP contribution >= 0.6 is 15.9 Å². The van der Waals surface area contributed by atoms with Crippen molar-refractivity contribution in [3.8, 4) is 5.75 Å². The minimum Gasteiger partial charge on any atom is -0.486 e. The van der Waals surface area contributed by atoms with Gasteiger partial charge in [0.25, 0.3) is 0 Å². The van der Waals surface area contributed by atoms with Crippen molar-refractivity contribution in [3.63, 3.8) is 0 Å². The standard InChI is InChI=1S/C15H16BrNO/c1-10-8-13(16)6-7-15(10)18-11(2)12-4-3-5-14(17)9-12/h3-9,11H,17H2,1-2H3. The third-order valence-corrected chi connectivity index (χ3v) is 3.31. The number of rotatable bonds is 3. The molecule has 18 heavy (non-hydrogen) atoms. The van der Waals surface area contributed by atoms with Crippen molar-refractivity contribution >= 4 is 21.6 Å². The summed E-state index contributed by atoms with van der Waals surface area (Å²) in [6, 6.07) is 13.8. The van der Waals surface area contributed by atoms with E-state index in [1.165, 1.54) is 0 Å². The Morgan fingerprint density at radius 2 is 1.94 bits per heavy atom. The van der Waals surface area contributed by atoms with Crippen LogP contribution in [-0.2, 0) is 0 Å². The normalized spacial score (nSPS) is 12.2. The number of benzene rings is 2. The lowest BCUT2D eigenvalue weighted by molar-refractivity contribution is 0.225. The number of halogens is 1. The van der Waals surface area contributed by atoms with Gasteiger partial charge in [-0.05, 0) is 55.3 Å². The van der Waals surface area contributed by atoms with Gasteiger partial charge in [0.15, 0.2) is 0 Å². The fraction of sp³-hybridized carbons (Fsp3) is 0.200. The molecule has 1 unspecified atom stereocenters. The van der Waals surface area contributed by atoms with Crippen molar-refractivity contribution in [1.29, 1.82) is 0 Å². The molecule has 3 heteroatoms. The van der Waals surface area contributed by atoms with E-state index < -0.39 is 0 Å². The van der Waals surface area contributed by atoms with Crippen LogP contribution < -0.4 is 10.5 Å². The quantitative estimate of drug-likeness (QED) is 0.849. The zero-order chi connectivity index (χ0) is 13.1. The lowest BCUT2D eigenvalue weighted by Gasteiger charge is -2.17. The molecule has 2 N–H and O–H groups in total. The summed E-state index contributed by atoms with van der Waals surface area (Å²) in [7, 11) is 0. The van der Waals surface area contributed by atoms with Crippen molar-refractivity contribution in [2.24, 2.45) is 0 Å². The molecule has 2 aromatic rings. The summed E-state index contributed by atoms with van der Waals surface area (Å²) in [6.45, 7) is 4.06. The minimum atomic E-state index is -0.0200. The summed E-state index contributed by atoms with van der Waals surface area (Å²) in [6.07, 6.45) is -0.0200. The summed E-state index contributed by atoms with van der Waals surface area (Å²) >= 11 is 3.44. The van der Waals surface area contributed by atoms with Crippen LogP contribution in [0.1, 0.15) is 24.2 Å².